The summed E-state index contributed by atoms with van der Waals surface area (Å²) in [4.78, 5) is 4.65. The van der Waals surface area contributed by atoms with Crippen LogP contribution in [-0.4, -0.2) is 17.4 Å². The summed E-state index contributed by atoms with van der Waals surface area (Å²) in [5.41, 5.74) is 5.78. The summed E-state index contributed by atoms with van der Waals surface area (Å²) in [7, 11) is 0. The van der Waals surface area contributed by atoms with Crippen molar-refractivity contribution in [3.05, 3.63) is 29.8 Å². The zero-order valence-electron chi connectivity index (χ0n) is 10.0. The van der Waals surface area contributed by atoms with E-state index in [0.717, 1.165) is 24.6 Å². The molecule has 0 saturated heterocycles. The Morgan fingerprint density at radius 3 is 3.00 bits per heavy atom. The van der Waals surface area contributed by atoms with Gasteiger partial charge in [-0.1, -0.05) is 31.5 Å². The average molecular weight is 217 g/mol. The number of hydrazine groups is 1. The van der Waals surface area contributed by atoms with E-state index in [0.29, 0.717) is 0 Å². The number of hydrogen-bond acceptors (Lipinski definition) is 3. The topological polar surface area (TPSA) is 27.6 Å². The molecule has 16 heavy (non-hydrogen) atoms. The number of aliphatic imine (C=N–C) groups is 1. The third-order valence-electron chi connectivity index (χ3n) is 2.86. The van der Waals surface area contributed by atoms with Crippen molar-refractivity contribution in [2.45, 2.75) is 33.2 Å². The second-order valence-electron chi connectivity index (χ2n) is 4.13. The summed E-state index contributed by atoms with van der Waals surface area (Å²) in [6.07, 6.45) is 2.40. The summed E-state index contributed by atoms with van der Waals surface area (Å²) >= 11 is 0. The minimum Gasteiger partial charge on any atom is -0.296 e. The van der Waals surface area contributed by atoms with E-state index in [9.17, 15) is 0 Å². The normalized spacial score (nSPS) is 15.4. The minimum atomic E-state index is 0.862. The highest BCUT2D eigenvalue weighted by Gasteiger charge is 2.12. The van der Waals surface area contributed by atoms with Crippen molar-refractivity contribution in [3.8, 4) is 0 Å². The highest BCUT2D eigenvalue weighted by Crippen LogP contribution is 2.21. The quantitative estimate of drug-likeness (QED) is 0.843. The third-order valence-corrected chi connectivity index (χ3v) is 2.86. The first-order chi connectivity index (χ1) is 7.81. The molecule has 0 fully saturated rings. The minimum absolute atomic E-state index is 0.862. The van der Waals surface area contributed by atoms with Gasteiger partial charge < -0.3 is 0 Å². The molecule has 0 radical (unpaired) electrons. The van der Waals surface area contributed by atoms with Crippen molar-refractivity contribution < 1.29 is 0 Å². The maximum Gasteiger partial charge on any atom is 0.116 e. The second-order valence-corrected chi connectivity index (χ2v) is 4.13. The lowest BCUT2D eigenvalue weighted by atomic mass is 10.2. The van der Waals surface area contributed by atoms with E-state index in [1.807, 2.05) is 6.07 Å². The van der Waals surface area contributed by atoms with Crippen molar-refractivity contribution in [3.63, 3.8) is 0 Å². The Balaban J connectivity index is 2.17. The van der Waals surface area contributed by atoms with Crippen molar-refractivity contribution in [1.29, 1.82) is 0 Å². The first-order valence-electron chi connectivity index (χ1n) is 5.95. The van der Waals surface area contributed by atoms with Crippen molar-refractivity contribution in [1.82, 2.24) is 10.4 Å². The Morgan fingerprint density at radius 2 is 2.19 bits per heavy atom. The molecule has 0 atom stereocenters. The Kier molecular flexibility index (Phi) is 3.57. The first kappa shape index (κ1) is 11.1. The molecule has 1 heterocycles. The molecule has 0 unspecified atom stereocenters. The second kappa shape index (κ2) is 5.12. The van der Waals surface area contributed by atoms with Crippen LogP contribution in [-0.2, 0) is 6.54 Å². The number of nitrogens with one attached hydrogen (secondary N) is 1. The molecule has 0 aliphatic carbocycles. The van der Waals surface area contributed by atoms with E-state index in [-0.39, 0.29) is 0 Å². The Morgan fingerprint density at radius 1 is 1.38 bits per heavy atom. The van der Waals surface area contributed by atoms with Gasteiger partial charge in [0, 0.05) is 13.1 Å². The number of unbranched alkanes of at least 4 members (excludes halogenated alkanes) is 1. The lowest BCUT2D eigenvalue weighted by Crippen LogP contribution is -2.40. The number of fused-ring (bicyclic) bond motifs is 1. The molecule has 86 valence electrons. The fraction of sp³-hybridized carbons (Fsp3) is 0.462. The van der Waals surface area contributed by atoms with Crippen LogP contribution in [0.2, 0.25) is 0 Å². The fourth-order valence-electron chi connectivity index (χ4n) is 1.86. The van der Waals surface area contributed by atoms with Gasteiger partial charge in [-0.3, -0.25) is 5.01 Å². The molecule has 3 nitrogen and oxygen atoms in total. The highest BCUT2D eigenvalue weighted by molar-refractivity contribution is 5.83. The molecule has 0 spiro atoms. The highest BCUT2D eigenvalue weighted by atomic mass is 15.5. The van der Waals surface area contributed by atoms with Crippen molar-refractivity contribution in [2.24, 2.45) is 4.99 Å². The van der Waals surface area contributed by atoms with Crippen molar-refractivity contribution in [2.75, 3.05) is 6.54 Å². The Bertz CT molecular complexity index is 385. The van der Waals surface area contributed by atoms with Gasteiger partial charge in [0.2, 0.25) is 0 Å². The van der Waals surface area contributed by atoms with E-state index >= 15 is 0 Å². The first-order valence-corrected chi connectivity index (χ1v) is 5.95. The summed E-state index contributed by atoms with van der Waals surface area (Å²) in [5.74, 6) is 1.05. The molecule has 0 amide bonds. The molecular formula is C13H19N3. The lowest BCUT2D eigenvalue weighted by Gasteiger charge is -2.22. The van der Waals surface area contributed by atoms with Crippen LogP contribution in [0.3, 0.4) is 0 Å². The van der Waals surface area contributed by atoms with Crippen LogP contribution in [0.4, 0.5) is 5.69 Å². The van der Waals surface area contributed by atoms with Gasteiger partial charge in [0.05, 0.1) is 5.69 Å². The third kappa shape index (κ3) is 2.42. The number of para-hydroxylation sites is 1. The van der Waals surface area contributed by atoms with E-state index in [1.54, 1.807) is 0 Å². The zero-order chi connectivity index (χ0) is 11.4. The predicted molar refractivity (Wildman–Crippen MR) is 67.7 cm³/mol. The molecule has 0 saturated carbocycles. The van der Waals surface area contributed by atoms with Crippen molar-refractivity contribution >= 4 is 11.5 Å². The molecule has 1 aromatic rings. The molecule has 1 N–H and O–H groups in total. The molecule has 2 rings (SSSR count). The van der Waals surface area contributed by atoms with Gasteiger partial charge in [-0.2, -0.15) is 0 Å². The number of rotatable bonds is 3. The number of nitrogens with zero attached hydrogens (tertiary/aromatic N) is 2. The largest absolute Gasteiger partial charge is 0.296 e. The van der Waals surface area contributed by atoms with Crippen LogP contribution in [0, 0.1) is 0 Å². The molecule has 1 aliphatic rings. The van der Waals surface area contributed by atoms with Crippen LogP contribution >= 0.6 is 0 Å². The van der Waals surface area contributed by atoms with Gasteiger partial charge in [0.25, 0.3) is 0 Å². The van der Waals surface area contributed by atoms with E-state index in [4.69, 9.17) is 0 Å². The van der Waals surface area contributed by atoms with E-state index in [2.05, 4.69) is 47.5 Å². The van der Waals surface area contributed by atoms with E-state index < -0.39 is 0 Å². The average Bonchev–Trinajstić information content (AvgIpc) is 2.45. The van der Waals surface area contributed by atoms with Crippen LogP contribution in [0.1, 0.15) is 32.3 Å². The molecular weight excluding hydrogens is 198 g/mol. The number of hydrogen-bond donors (Lipinski definition) is 1. The summed E-state index contributed by atoms with van der Waals surface area (Å²) < 4.78 is 0. The predicted octanol–water partition coefficient (Wildman–Crippen LogP) is 2.86. The number of benzene rings is 1. The standard InChI is InChI=1S/C13H19N3/c1-3-4-9-16-11(2)15-13-8-6-5-7-12(13)10-14-16/h5-8,14H,3-4,9-10H2,1-2H3. The van der Waals surface area contributed by atoms with Gasteiger partial charge in [-0.25, -0.2) is 10.4 Å². The smallest absolute Gasteiger partial charge is 0.116 e. The van der Waals surface area contributed by atoms with Gasteiger partial charge in [0.1, 0.15) is 5.84 Å². The summed E-state index contributed by atoms with van der Waals surface area (Å²) in [6.45, 7) is 6.16. The van der Waals surface area contributed by atoms with Crippen LogP contribution < -0.4 is 5.43 Å². The Hall–Kier alpha value is -1.35. The zero-order valence-corrected chi connectivity index (χ0v) is 10.0. The lowest BCUT2D eigenvalue weighted by molar-refractivity contribution is 0.299. The number of amidine groups is 1. The van der Waals surface area contributed by atoms with Gasteiger partial charge in [0.15, 0.2) is 0 Å². The Labute approximate surface area is 97.2 Å². The van der Waals surface area contributed by atoms with Gasteiger partial charge in [-0.15, -0.1) is 0 Å². The van der Waals surface area contributed by atoms with Crippen LogP contribution in [0.25, 0.3) is 0 Å². The molecule has 0 bridgehead atoms. The SMILES string of the molecule is CCCCN1NCc2ccccc2N=C1C. The summed E-state index contributed by atoms with van der Waals surface area (Å²) in [6, 6.07) is 8.30. The summed E-state index contributed by atoms with van der Waals surface area (Å²) in [5, 5.41) is 2.16. The fourth-order valence-corrected chi connectivity index (χ4v) is 1.86. The maximum atomic E-state index is 4.65. The molecule has 3 heteroatoms. The van der Waals surface area contributed by atoms with Gasteiger partial charge in [-0.05, 0) is 25.0 Å². The molecule has 1 aromatic carbocycles. The monoisotopic (exact) mass is 217 g/mol. The van der Waals surface area contributed by atoms with Crippen LogP contribution in [0.15, 0.2) is 29.3 Å². The van der Waals surface area contributed by atoms with Gasteiger partial charge >= 0.3 is 0 Å². The molecule has 0 aromatic heterocycles. The van der Waals surface area contributed by atoms with Crippen LogP contribution in [0.5, 0.6) is 0 Å². The maximum absolute atomic E-state index is 4.65. The van der Waals surface area contributed by atoms with E-state index in [1.165, 1.54) is 18.4 Å². The molecule has 1 aliphatic heterocycles.